The zero-order valence-electron chi connectivity index (χ0n) is 14.3. The summed E-state index contributed by atoms with van der Waals surface area (Å²) in [7, 11) is 0. The van der Waals surface area contributed by atoms with E-state index in [1.807, 2.05) is 0 Å². The van der Waals surface area contributed by atoms with Crippen LogP contribution in [-0.2, 0) is 6.54 Å². The average Bonchev–Trinajstić information content (AvgIpc) is 2.98. The molecule has 0 spiro atoms. The molecule has 2 rings (SSSR count). The lowest BCUT2D eigenvalue weighted by Gasteiger charge is -2.04. The van der Waals surface area contributed by atoms with Crippen LogP contribution >= 0.6 is 15.9 Å². The molecule has 3 heteroatoms. The summed E-state index contributed by atoms with van der Waals surface area (Å²) in [5.41, 5.74) is 2.38. The van der Waals surface area contributed by atoms with Gasteiger partial charge in [-0.1, -0.05) is 55.0 Å². The maximum Gasteiger partial charge on any atom is 0.134 e. The van der Waals surface area contributed by atoms with Crippen molar-refractivity contribution >= 4 is 15.9 Å². The summed E-state index contributed by atoms with van der Waals surface area (Å²) in [5, 5.41) is 3.48. The van der Waals surface area contributed by atoms with E-state index in [-0.39, 0.29) is 0 Å². The minimum atomic E-state index is 0.810. The molecule has 0 saturated heterocycles. The summed E-state index contributed by atoms with van der Waals surface area (Å²) in [6.45, 7) is 6.25. The lowest BCUT2D eigenvalue weighted by Crippen LogP contribution is -2.14. The number of hydrogen-bond acceptors (Lipinski definition) is 2. The first kappa shape index (κ1) is 18.3. The van der Waals surface area contributed by atoms with Gasteiger partial charge in [0.25, 0.3) is 0 Å². The number of rotatable bonds is 10. The van der Waals surface area contributed by atoms with Gasteiger partial charge in [0.1, 0.15) is 11.5 Å². The van der Waals surface area contributed by atoms with Crippen LogP contribution in [0.3, 0.4) is 0 Å². The topological polar surface area (TPSA) is 25.2 Å². The summed E-state index contributed by atoms with van der Waals surface area (Å²) in [6, 6.07) is 10.4. The lowest BCUT2D eigenvalue weighted by atomic mass is 10.1. The van der Waals surface area contributed by atoms with Gasteiger partial charge in [-0.05, 0) is 55.8 Å². The molecular formula is C20H28BrNO. The van der Waals surface area contributed by atoms with Crippen molar-refractivity contribution < 1.29 is 4.42 Å². The quantitative estimate of drug-likeness (QED) is 0.480. The third-order valence-corrected chi connectivity index (χ3v) is 4.62. The number of unbranched alkanes of at least 4 members (excludes halogenated alkanes) is 5. The number of halogens is 1. The van der Waals surface area contributed by atoms with E-state index in [0.717, 1.165) is 34.6 Å². The molecule has 23 heavy (non-hydrogen) atoms. The van der Waals surface area contributed by atoms with Gasteiger partial charge >= 0.3 is 0 Å². The van der Waals surface area contributed by atoms with Crippen molar-refractivity contribution in [3.63, 3.8) is 0 Å². The molecular weight excluding hydrogens is 350 g/mol. The Morgan fingerprint density at radius 2 is 1.78 bits per heavy atom. The van der Waals surface area contributed by atoms with Crippen molar-refractivity contribution in [3.05, 3.63) is 46.1 Å². The minimum absolute atomic E-state index is 0.810. The Bertz CT molecular complexity index is 591. The Hall–Kier alpha value is -1.06. The summed E-state index contributed by atoms with van der Waals surface area (Å²) < 4.78 is 7.08. The van der Waals surface area contributed by atoms with Crippen LogP contribution in [0.15, 0.2) is 39.2 Å². The Labute approximate surface area is 148 Å². The van der Waals surface area contributed by atoms with Crippen molar-refractivity contribution in [1.29, 1.82) is 0 Å². The van der Waals surface area contributed by atoms with Gasteiger partial charge in [-0.3, -0.25) is 0 Å². The monoisotopic (exact) mass is 377 g/mol. The van der Waals surface area contributed by atoms with Crippen molar-refractivity contribution in [2.45, 2.75) is 58.9 Å². The summed E-state index contributed by atoms with van der Waals surface area (Å²) in [6.07, 6.45) is 8.01. The first-order valence-corrected chi connectivity index (χ1v) is 9.56. The molecule has 1 N–H and O–H groups in total. The fourth-order valence-corrected chi connectivity index (χ4v) is 3.24. The Morgan fingerprint density at radius 1 is 1.00 bits per heavy atom. The molecule has 1 aromatic heterocycles. The van der Waals surface area contributed by atoms with Gasteiger partial charge in [-0.2, -0.15) is 0 Å². The summed E-state index contributed by atoms with van der Waals surface area (Å²) in [5.74, 6) is 1.96. The number of hydrogen-bond donors (Lipinski definition) is 1. The largest absolute Gasteiger partial charge is 0.460 e. The molecule has 0 radical (unpaired) electrons. The van der Waals surface area contributed by atoms with E-state index in [0.29, 0.717) is 0 Å². The molecule has 0 fully saturated rings. The van der Waals surface area contributed by atoms with Crippen LogP contribution in [-0.4, -0.2) is 6.54 Å². The number of furan rings is 1. The normalized spacial score (nSPS) is 11.1. The molecule has 2 nitrogen and oxygen atoms in total. The number of benzene rings is 1. The summed E-state index contributed by atoms with van der Waals surface area (Å²) >= 11 is 3.50. The fourth-order valence-electron chi connectivity index (χ4n) is 2.76. The van der Waals surface area contributed by atoms with Crippen LogP contribution in [0, 0.1) is 6.92 Å². The van der Waals surface area contributed by atoms with E-state index >= 15 is 0 Å². The van der Waals surface area contributed by atoms with Crippen LogP contribution in [0.5, 0.6) is 0 Å². The van der Waals surface area contributed by atoms with Gasteiger partial charge in [0.05, 0.1) is 6.54 Å². The van der Waals surface area contributed by atoms with Crippen LogP contribution in [0.2, 0.25) is 0 Å². The highest BCUT2D eigenvalue weighted by Crippen LogP contribution is 2.27. The number of aryl methyl sites for hydroxylation is 1. The molecule has 126 valence electrons. The standard InChI is InChI=1S/C20H28BrNO/c1-3-4-5-6-7-8-13-22-15-18-10-12-20(23-18)19-11-9-17(21)14-16(19)2/h9-12,14,22H,3-8,13,15H2,1-2H3. The van der Waals surface area contributed by atoms with Gasteiger partial charge in [-0.15, -0.1) is 0 Å². The molecule has 2 aromatic rings. The predicted octanol–water partition coefficient (Wildman–Crippen LogP) is 6.47. The Kier molecular flexibility index (Phi) is 7.90. The second-order valence-corrected chi connectivity index (χ2v) is 7.09. The van der Waals surface area contributed by atoms with Crippen LogP contribution in [0.1, 0.15) is 56.8 Å². The Morgan fingerprint density at radius 3 is 2.57 bits per heavy atom. The highest BCUT2D eigenvalue weighted by atomic mass is 79.9. The second-order valence-electron chi connectivity index (χ2n) is 6.17. The lowest BCUT2D eigenvalue weighted by molar-refractivity contribution is 0.485. The molecule has 0 aliphatic carbocycles. The molecule has 0 aliphatic rings. The van der Waals surface area contributed by atoms with Crippen molar-refractivity contribution in [3.8, 4) is 11.3 Å². The van der Waals surface area contributed by atoms with E-state index in [2.05, 4.69) is 65.4 Å². The first-order chi connectivity index (χ1) is 11.2. The van der Waals surface area contributed by atoms with E-state index < -0.39 is 0 Å². The fraction of sp³-hybridized carbons (Fsp3) is 0.500. The molecule has 1 aromatic carbocycles. The zero-order valence-corrected chi connectivity index (χ0v) is 15.9. The predicted molar refractivity (Wildman–Crippen MR) is 102 cm³/mol. The minimum Gasteiger partial charge on any atom is -0.460 e. The summed E-state index contributed by atoms with van der Waals surface area (Å²) in [4.78, 5) is 0. The molecule has 0 atom stereocenters. The van der Waals surface area contributed by atoms with E-state index in [1.165, 1.54) is 44.1 Å². The maximum atomic E-state index is 5.97. The third kappa shape index (κ3) is 6.15. The van der Waals surface area contributed by atoms with Crippen LogP contribution in [0.4, 0.5) is 0 Å². The molecule has 0 saturated carbocycles. The zero-order chi connectivity index (χ0) is 16.5. The molecule has 0 unspecified atom stereocenters. The Balaban J connectivity index is 1.73. The van der Waals surface area contributed by atoms with Gasteiger partial charge in [0.2, 0.25) is 0 Å². The van der Waals surface area contributed by atoms with Crippen LogP contribution < -0.4 is 5.32 Å². The third-order valence-electron chi connectivity index (χ3n) is 4.12. The molecule has 1 heterocycles. The van der Waals surface area contributed by atoms with Gasteiger partial charge < -0.3 is 9.73 Å². The first-order valence-electron chi connectivity index (χ1n) is 8.76. The highest BCUT2D eigenvalue weighted by Gasteiger charge is 2.07. The van der Waals surface area contributed by atoms with E-state index in [9.17, 15) is 0 Å². The SMILES string of the molecule is CCCCCCCCNCc1ccc(-c2ccc(Br)cc2C)o1. The number of nitrogens with one attached hydrogen (secondary N) is 1. The van der Waals surface area contributed by atoms with Gasteiger partial charge in [0.15, 0.2) is 0 Å². The van der Waals surface area contributed by atoms with Crippen LogP contribution in [0.25, 0.3) is 11.3 Å². The van der Waals surface area contributed by atoms with E-state index in [1.54, 1.807) is 0 Å². The van der Waals surface area contributed by atoms with Gasteiger partial charge in [-0.25, -0.2) is 0 Å². The van der Waals surface area contributed by atoms with E-state index in [4.69, 9.17) is 4.42 Å². The second kappa shape index (κ2) is 9.94. The van der Waals surface area contributed by atoms with Gasteiger partial charge in [0, 0.05) is 10.0 Å². The van der Waals surface area contributed by atoms with Crippen molar-refractivity contribution in [2.75, 3.05) is 6.54 Å². The van der Waals surface area contributed by atoms with Crippen molar-refractivity contribution in [1.82, 2.24) is 5.32 Å². The molecule has 0 bridgehead atoms. The van der Waals surface area contributed by atoms with Crippen molar-refractivity contribution in [2.24, 2.45) is 0 Å². The smallest absolute Gasteiger partial charge is 0.134 e. The maximum absolute atomic E-state index is 5.97. The highest BCUT2D eigenvalue weighted by molar-refractivity contribution is 9.10. The average molecular weight is 378 g/mol. The molecule has 0 aliphatic heterocycles. The molecule has 0 amide bonds.